The van der Waals surface area contributed by atoms with E-state index in [-0.39, 0.29) is 5.56 Å². The Kier molecular flexibility index (Phi) is 3.73. The summed E-state index contributed by atoms with van der Waals surface area (Å²) in [5.41, 5.74) is 4.09. The lowest BCUT2D eigenvalue weighted by Crippen LogP contribution is -2.29. The standard InChI is InChI=1S/C19H14ClN7O/c1-10-6-8-11(9-7-10)15-14-16(18(28)23-22-15)21-19-24-25-26-27(19)17(14)12-4-2-3-5-13(12)20/h2-9,17H,1H3,(H,23,28)(H,21,24,26)/t17-/m1/s1. The summed E-state index contributed by atoms with van der Waals surface area (Å²) in [6, 6.07) is 14.9. The first-order valence-corrected chi connectivity index (χ1v) is 9.00. The van der Waals surface area contributed by atoms with E-state index in [2.05, 4.69) is 31.0 Å². The van der Waals surface area contributed by atoms with Gasteiger partial charge in [0.2, 0.25) is 5.95 Å². The van der Waals surface area contributed by atoms with Crippen LogP contribution in [0, 0.1) is 6.92 Å². The van der Waals surface area contributed by atoms with Gasteiger partial charge in [-0.1, -0.05) is 64.7 Å². The third kappa shape index (κ3) is 2.49. The van der Waals surface area contributed by atoms with Crippen LogP contribution in [0.4, 0.5) is 11.6 Å². The minimum atomic E-state index is -0.499. The zero-order chi connectivity index (χ0) is 19.3. The molecular weight excluding hydrogens is 378 g/mol. The van der Waals surface area contributed by atoms with Gasteiger partial charge in [0.15, 0.2) is 0 Å². The summed E-state index contributed by atoms with van der Waals surface area (Å²) in [7, 11) is 0. The van der Waals surface area contributed by atoms with E-state index in [1.54, 1.807) is 10.7 Å². The Morgan fingerprint density at radius 3 is 2.68 bits per heavy atom. The predicted octanol–water partition coefficient (Wildman–Crippen LogP) is 3.08. The number of hydrogen-bond acceptors (Lipinski definition) is 6. The summed E-state index contributed by atoms with van der Waals surface area (Å²) in [5, 5.41) is 22.4. The highest BCUT2D eigenvalue weighted by atomic mass is 35.5. The summed E-state index contributed by atoms with van der Waals surface area (Å²) in [4.78, 5) is 12.6. The van der Waals surface area contributed by atoms with Crippen molar-refractivity contribution in [1.29, 1.82) is 0 Å². The molecule has 0 amide bonds. The number of benzene rings is 2. The molecule has 1 aliphatic rings. The van der Waals surface area contributed by atoms with Crippen molar-refractivity contribution < 1.29 is 0 Å². The Balaban J connectivity index is 1.84. The number of aromatic nitrogens is 6. The second kappa shape index (κ2) is 6.28. The summed E-state index contributed by atoms with van der Waals surface area (Å²) in [6.45, 7) is 2.01. The van der Waals surface area contributed by atoms with Crippen molar-refractivity contribution in [2.75, 3.05) is 5.32 Å². The minimum absolute atomic E-state index is 0.350. The van der Waals surface area contributed by atoms with E-state index >= 15 is 0 Å². The highest BCUT2D eigenvalue weighted by Crippen LogP contribution is 2.42. The largest absolute Gasteiger partial charge is 0.318 e. The average Bonchev–Trinajstić information content (AvgIpc) is 3.17. The van der Waals surface area contributed by atoms with Crippen molar-refractivity contribution in [2.45, 2.75) is 13.0 Å². The monoisotopic (exact) mass is 391 g/mol. The molecule has 0 spiro atoms. The summed E-state index contributed by atoms with van der Waals surface area (Å²) in [5.74, 6) is 0.365. The fourth-order valence-corrected chi connectivity index (χ4v) is 3.69. The molecule has 0 aliphatic carbocycles. The van der Waals surface area contributed by atoms with Crippen molar-refractivity contribution in [2.24, 2.45) is 0 Å². The van der Waals surface area contributed by atoms with Crippen molar-refractivity contribution in [3.8, 4) is 11.3 Å². The Morgan fingerprint density at radius 1 is 1.11 bits per heavy atom. The van der Waals surface area contributed by atoms with Gasteiger partial charge < -0.3 is 5.32 Å². The maximum Gasteiger partial charge on any atom is 0.288 e. The van der Waals surface area contributed by atoms with Gasteiger partial charge in [-0.25, -0.2) is 5.10 Å². The quantitative estimate of drug-likeness (QED) is 0.479. The van der Waals surface area contributed by atoms with E-state index in [1.165, 1.54) is 0 Å². The smallest absolute Gasteiger partial charge is 0.288 e. The number of anilines is 2. The molecule has 0 saturated heterocycles. The topological polar surface area (TPSA) is 101 Å². The second-order valence-corrected chi connectivity index (χ2v) is 6.96. The van der Waals surface area contributed by atoms with E-state index < -0.39 is 6.04 Å². The number of tetrazole rings is 1. The number of rotatable bonds is 2. The zero-order valence-corrected chi connectivity index (χ0v) is 15.5. The lowest BCUT2D eigenvalue weighted by molar-refractivity contribution is 0.567. The number of aromatic amines is 1. The fourth-order valence-electron chi connectivity index (χ4n) is 3.45. The molecule has 0 saturated carbocycles. The minimum Gasteiger partial charge on any atom is -0.318 e. The van der Waals surface area contributed by atoms with Gasteiger partial charge in [-0.05, 0) is 23.4 Å². The first-order valence-electron chi connectivity index (χ1n) is 8.62. The maximum atomic E-state index is 12.6. The molecule has 138 valence electrons. The van der Waals surface area contributed by atoms with Gasteiger partial charge in [-0.2, -0.15) is 9.78 Å². The van der Waals surface area contributed by atoms with Gasteiger partial charge in [0, 0.05) is 21.7 Å². The SMILES string of the molecule is Cc1ccc(-c2n[nH]c(=O)c3c2[C@@H](c2ccccc2Cl)n2nnnc2N3)cc1. The molecule has 0 unspecified atom stereocenters. The van der Waals surface area contributed by atoms with Crippen LogP contribution in [0.2, 0.25) is 5.02 Å². The molecule has 0 bridgehead atoms. The van der Waals surface area contributed by atoms with Crippen LogP contribution in [0.15, 0.2) is 53.3 Å². The van der Waals surface area contributed by atoms with Crippen molar-refractivity contribution in [1.82, 2.24) is 30.4 Å². The van der Waals surface area contributed by atoms with Crippen LogP contribution in [-0.2, 0) is 0 Å². The predicted molar refractivity (Wildman–Crippen MR) is 105 cm³/mol. The Morgan fingerprint density at radius 2 is 1.89 bits per heavy atom. The van der Waals surface area contributed by atoms with E-state index in [4.69, 9.17) is 11.6 Å². The molecular formula is C19H14ClN7O. The Labute approximate surface area is 164 Å². The normalized spacial score (nSPS) is 14.9. The van der Waals surface area contributed by atoms with Crippen LogP contribution in [-0.4, -0.2) is 30.4 Å². The van der Waals surface area contributed by atoms with Crippen LogP contribution < -0.4 is 10.9 Å². The summed E-state index contributed by atoms with van der Waals surface area (Å²) >= 11 is 6.51. The molecule has 2 aromatic carbocycles. The average molecular weight is 392 g/mol. The molecule has 1 aliphatic heterocycles. The van der Waals surface area contributed by atoms with E-state index in [0.717, 1.165) is 16.7 Å². The first-order chi connectivity index (χ1) is 13.6. The molecule has 8 nitrogen and oxygen atoms in total. The van der Waals surface area contributed by atoms with Crippen LogP contribution in [0.1, 0.15) is 22.7 Å². The molecule has 0 radical (unpaired) electrons. The third-order valence-corrected chi connectivity index (χ3v) is 5.14. The zero-order valence-electron chi connectivity index (χ0n) is 14.7. The van der Waals surface area contributed by atoms with Gasteiger partial charge in [0.05, 0.1) is 5.69 Å². The number of nitrogens with one attached hydrogen (secondary N) is 2. The number of fused-ring (bicyclic) bond motifs is 2. The van der Waals surface area contributed by atoms with Crippen molar-refractivity contribution in [3.63, 3.8) is 0 Å². The van der Waals surface area contributed by atoms with Crippen molar-refractivity contribution >= 4 is 23.2 Å². The molecule has 5 rings (SSSR count). The Hall–Kier alpha value is -3.52. The molecule has 2 aromatic heterocycles. The number of halogens is 1. The number of aryl methyl sites for hydroxylation is 1. The molecule has 0 fully saturated rings. The molecule has 2 N–H and O–H groups in total. The Bertz CT molecular complexity index is 1250. The van der Waals surface area contributed by atoms with Gasteiger partial charge in [-0.15, -0.1) is 0 Å². The van der Waals surface area contributed by atoms with E-state index in [9.17, 15) is 4.79 Å². The van der Waals surface area contributed by atoms with Crippen LogP contribution in [0.3, 0.4) is 0 Å². The summed E-state index contributed by atoms with van der Waals surface area (Å²) < 4.78 is 1.61. The highest BCUT2D eigenvalue weighted by molar-refractivity contribution is 6.31. The third-order valence-electron chi connectivity index (χ3n) is 4.79. The second-order valence-electron chi connectivity index (χ2n) is 6.55. The van der Waals surface area contributed by atoms with Crippen LogP contribution >= 0.6 is 11.6 Å². The van der Waals surface area contributed by atoms with E-state index in [0.29, 0.717) is 27.9 Å². The van der Waals surface area contributed by atoms with Gasteiger partial charge in [-0.3, -0.25) is 4.79 Å². The maximum absolute atomic E-state index is 12.6. The van der Waals surface area contributed by atoms with Gasteiger partial charge in [0.25, 0.3) is 5.56 Å². The number of nitrogens with zero attached hydrogens (tertiary/aromatic N) is 5. The molecule has 1 atom stereocenters. The number of H-pyrrole nitrogens is 1. The molecule has 9 heteroatoms. The lowest BCUT2D eigenvalue weighted by Gasteiger charge is -2.28. The van der Waals surface area contributed by atoms with Crippen LogP contribution in [0.25, 0.3) is 11.3 Å². The van der Waals surface area contributed by atoms with Crippen molar-refractivity contribution in [3.05, 3.63) is 80.6 Å². The van der Waals surface area contributed by atoms with Gasteiger partial charge in [0.1, 0.15) is 11.7 Å². The fraction of sp³-hybridized carbons (Fsp3) is 0.105. The number of hydrogen-bond donors (Lipinski definition) is 2. The highest BCUT2D eigenvalue weighted by Gasteiger charge is 2.35. The lowest BCUT2D eigenvalue weighted by atomic mass is 9.92. The van der Waals surface area contributed by atoms with Crippen LogP contribution in [0.5, 0.6) is 0 Å². The van der Waals surface area contributed by atoms with Gasteiger partial charge >= 0.3 is 0 Å². The molecule has 28 heavy (non-hydrogen) atoms. The molecule has 4 aromatic rings. The first kappa shape index (κ1) is 16.6. The molecule has 3 heterocycles. The van der Waals surface area contributed by atoms with E-state index in [1.807, 2.05) is 49.4 Å². The summed E-state index contributed by atoms with van der Waals surface area (Å²) in [6.07, 6.45) is 0.